The number of alkyl halides is 1. The molecule has 7 unspecified atom stereocenters. The number of Topliss-reactive ketones (excluding diaryl/α,β-unsaturated/α-hetero) is 1. The van der Waals surface area contributed by atoms with Gasteiger partial charge in [-0.05, 0) is 30.1 Å². The quantitative estimate of drug-likeness (QED) is 0.543. The van der Waals surface area contributed by atoms with E-state index < -0.39 is 34.4 Å². The molecule has 0 radical (unpaired) electrons. The van der Waals surface area contributed by atoms with Crippen molar-refractivity contribution in [2.24, 2.45) is 34.5 Å². The molecule has 7 fully saturated rings. The van der Waals surface area contributed by atoms with Gasteiger partial charge in [0, 0.05) is 37.5 Å². The number of rotatable bonds is 0. The highest BCUT2D eigenvalue weighted by atomic mass is 19.1. The van der Waals surface area contributed by atoms with Gasteiger partial charge >= 0.3 is 0 Å². The molecular formula is C25H35FO7. The summed E-state index contributed by atoms with van der Waals surface area (Å²) in [6.45, 7) is 6.93. The number of hydrogen-bond acceptors (Lipinski definition) is 7. The van der Waals surface area contributed by atoms with Crippen LogP contribution in [0.25, 0.3) is 0 Å². The lowest BCUT2D eigenvalue weighted by Crippen LogP contribution is -2.74. The molecule has 33 heavy (non-hydrogen) atoms. The van der Waals surface area contributed by atoms with Crippen molar-refractivity contribution in [1.82, 2.24) is 0 Å². The Morgan fingerprint density at radius 3 is 2.18 bits per heavy atom. The number of halogens is 1. The summed E-state index contributed by atoms with van der Waals surface area (Å²) in [4.78, 5) is 13.8. The van der Waals surface area contributed by atoms with Crippen LogP contribution in [-0.2, 0) is 33.2 Å². The minimum Gasteiger partial charge on any atom is -0.348 e. The van der Waals surface area contributed by atoms with Crippen LogP contribution in [0.1, 0.15) is 52.4 Å². The highest BCUT2D eigenvalue weighted by Crippen LogP contribution is 2.73. The molecule has 3 aliphatic heterocycles. The van der Waals surface area contributed by atoms with Crippen LogP contribution in [-0.4, -0.2) is 69.0 Å². The molecular weight excluding hydrogens is 431 g/mol. The second-order valence-corrected chi connectivity index (χ2v) is 11.8. The van der Waals surface area contributed by atoms with Crippen molar-refractivity contribution in [1.29, 1.82) is 0 Å². The van der Waals surface area contributed by atoms with E-state index in [9.17, 15) is 4.79 Å². The second-order valence-electron chi connectivity index (χ2n) is 11.8. The average Bonchev–Trinajstić information content (AvgIpc) is 3.59. The summed E-state index contributed by atoms with van der Waals surface area (Å²) in [7, 11) is 0. The van der Waals surface area contributed by atoms with Crippen molar-refractivity contribution >= 4 is 5.78 Å². The summed E-state index contributed by atoms with van der Waals surface area (Å²) < 4.78 is 54.1. The zero-order valence-electron chi connectivity index (χ0n) is 19.6. The molecule has 7 rings (SSSR count). The van der Waals surface area contributed by atoms with Crippen LogP contribution in [0.4, 0.5) is 4.39 Å². The van der Waals surface area contributed by atoms with Gasteiger partial charge in [-0.3, -0.25) is 4.79 Å². The van der Waals surface area contributed by atoms with Crippen molar-refractivity contribution in [3.05, 3.63) is 0 Å². The molecule has 3 heterocycles. The fourth-order valence-corrected chi connectivity index (χ4v) is 9.50. The largest absolute Gasteiger partial charge is 0.348 e. The first-order valence-corrected chi connectivity index (χ1v) is 12.8. The van der Waals surface area contributed by atoms with Gasteiger partial charge in [-0.2, -0.15) is 0 Å². The molecule has 3 spiro atoms. The molecule has 7 atom stereocenters. The molecule has 4 saturated carbocycles. The summed E-state index contributed by atoms with van der Waals surface area (Å²) >= 11 is 0. The highest BCUT2D eigenvalue weighted by Gasteiger charge is 2.80. The average molecular weight is 467 g/mol. The third kappa shape index (κ3) is 2.44. The van der Waals surface area contributed by atoms with Gasteiger partial charge in [-0.15, -0.1) is 0 Å². The number of fused-ring (bicyclic) bond motifs is 7. The number of carbonyl (C=O) groups is 1. The Balaban J connectivity index is 1.35. The molecule has 3 saturated heterocycles. The summed E-state index contributed by atoms with van der Waals surface area (Å²) in [5.41, 5.74) is -1.37. The third-order valence-electron chi connectivity index (χ3n) is 10.8. The first-order chi connectivity index (χ1) is 15.8. The van der Waals surface area contributed by atoms with E-state index in [1.807, 2.05) is 6.92 Å². The van der Waals surface area contributed by atoms with Gasteiger partial charge in [0.05, 0.1) is 45.1 Å². The standard InChI is InChI=1S/C25H35FO7/c1-21-5-6-23(28-7-8-29-23)14-17(21)18(27)13-15-16-3-4-24(30-9-10-31-24)22(16,2)20(26)25(19(15)21)32-11-12-33-25/h15-17,19-20H,3-14H2,1-2H3. The van der Waals surface area contributed by atoms with Crippen LogP contribution >= 0.6 is 0 Å². The molecule has 184 valence electrons. The van der Waals surface area contributed by atoms with Gasteiger partial charge in [0.2, 0.25) is 5.79 Å². The molecule has 4 aliphatic carbocycles. The van der Waals surface area contributed by atoms with Gasteiger partial charge < -0.3 is 28.4 Å². The summed E-state index contributed by atoms with van der Waals surface area (Å²) in [5, 5.41) is 0. The number of ether oxygens (including phenoxy) is 6. The van der Waals surface area contributed by atoms with Crippen LogP contribution in [0, 0.1) is 34.5 Å². The Kier molecular flexibility index (Phi) is 4.43. The number of ketones is 1. The van der Waals surface area contributed by atoms with E-state index >= 15 is 4.39 Å². The molecule has 0 amide bonds. The van der Waals surface area contributed by atoms with Gasteiger partial charge in [0.15, 0.2) is 17.7 Å². The molecule has 0 aromatic heterocycles. The Bertz CT molecular complexity index is 846. The molecule has 7 nitrogen and oxygen atoms in total. The van der Waals surface area contributed by atoms with Gasteiger partial charge in [0.1, 0.15) is 5.78 Å². The van der Waals surface area contributed by atoms with Crippen molar-refractivity contribution < 1.29 is 37.6 Å². The van der Waals surface area contributed by atoms with E-state index in [4.69, 9.17) is 28.4 Å². The third-order valence-corrected chi connectivity index (χ3v) is 10.8. The van der Waals surface area contributed by atoms with Gasteiger partial charge in [0.25, 0.3) is 0 Å². The number of carbonyl (C=O) groups excluding carboxylic acids is 1. The van der Waals surface area contributed by atoms with Gasteiger partial charge in [-0.1, -0.05) is 13.8 Å². The molecule has 8 heteroatoms. The van der Waals surface area contributed by atoms with E-state index in [0.717, 1.165) is 12.8 Å². The minimum atomic E-state index is -1.40. The highest BCUT2D eigenvalue weighted by molar-refractivity contribution is 5.83. The van der Waals surface area contributed by atoms with E-state index in [1.54, 1.807) is 0 Å². The van der Waals surface area contributed by atoms with E-state index in [-0.39, 0.29) is 29.5 Å². The predicted molar refractivity (Wildman–Crippen MR) is 112 cm³/mol. The van der Waals surface area contributed by atoms with Gasteiger partial charge in [-0.25, -0.2) is 4.39 Å². The van der Waals surface area contributed by atoms with E-state index in [1.165, 1.54) is 0 Å². The molecule has 7 aliphatic rings. The molecule has 0 bridgehead atoms. The first-order valence-electron chi connectivity index (χ1n) is 12.8. The molecule has 0 N–H and O–H groups in total. The Morgan fingerprint density at radius 2 is 1.48 bits per heavy atom. The monoisotopic (exact) mass is 466 g/mol. The van der Waals surface area contributed by atoms with E-state index in [2.05, 4.69) is 6.92 Å². The normalized spacial score (nSPS) is 51.2. The minimum absolute atomic E-state index is 0.0226. The van der Waals surface area contributed by atoms with Crippen LogP contribution in [0.15, 0.2) is 0 Å². The van der Waals surface area contributed by atoms with Crippen molar-refractivity contribution in [3.63, 3.8) is 0 Å². The van der Waals surface area contributed by atoms with Crippen LogP contribution in [0.3, 0.4) is 0 Å². The summed E-state index contributed by atoms with van der Waals surface area (Å²) in [5.74, 6) is -3.27. The maximum absolute atomic E-state index is 17.1. The predicted octanol–water partition coefficient (Wildman–Crippen LogP) is 3.00. The van der Waals surface area contributed by atoms with Crippen molar-refractivity contribution in [2.75, 3.05) is 39.6 Å². The fraction of sp³-hybridized carbons (Fsp3) is 0.960. The Hall–Kier alpha value is -0.640. The lowest BCUT2D eigenvalue weighted by molar-refractivity contribution is -0.369. The first kappa shape index (κ1) is 21.6. The zero-order chi connectivity index (χ0) is 22.7. The summed E-state index contributed by atoms with van der Waals surface area (Å²) in [6, 6.07) is 0. The van der Waals surface area contributed by atoms with Crippen LogP contribution < -0.4 is 0 Å². The van der Waals surface area contributed by atoms with Crippen molar-refractivity contribution in [3.8, 4) is 0 Å². The number of hydrogen-bond donors (Lipinski definition) is 0. The Morgan fingerprint density at radius 1 is 0.848 bits per heavy atom. The van der Waals surface area contributed by atoms with E-state index in [0.29, 0.717) is 65.3 Å². The molecule has 0 aromatic rings. The van der Waals surface area contributed by atoms with Crippen LogP contribution in [0.2, 0.25) is 0 Å². The smallest absolute Gasteiger partial charge is 0.204 e. The maximum Gasteiger partial charge on any atom is 0.204 e. The lowest BCUT2D eigenvalue weighted by atomic mass is 9.42. The Labute approximate surface area is 193 Å². The fourth-order valence-electron chi connectivity index (χ4n) is 9.50. The molecule has 0 aromatic carbocycles. The SMILES string of the molecule is CC12CCC3(CC1C(=O)CC1C2C2(OCCO2)C(F)C2(C)C1CCC21OCCO1)OCCO3. The topological polar surface area (TPSA) is 72.5 Å². The lowest BCUT2D eigenvalue weighted by Gasteiger charge is -2.66. The van der Waals surface area contributed by atoms with Crippen molar-refractivity contribution in [2.45, 2.75) is 75.9 Å². The zero-order valence-corrected chi connectivity index (χ0v) is 19.6. The maximum atomic E-state index is 17.1. The second kappa shape index (κ2) is 6.77. The summed E-state index contributed by atoms with van der Waals surface area (Å²) in [6.07, 6.45) is 2.43. The van der Waals surface area contributed by atoms with Crippen LogP contribution in [0.5, 0.6) is 0 Å².